The molecule has 0 heterocycles. The predicted molar refractivity (Wildman–Crippen MR) is 11.6 cm³/mol. The van der Waals surface area contributed by atoms with Crippen LogP contribution in [0.4, 0.5) is 0 Å². The second-order valence-corrected chi connectivity index (χ2v) is 0. The first kappa shape index (κ1) is 65.8. The van der Waals surface area contributed by atoms with E-state index in [0.29, 0.717) is 0 Å². The van der Waals surface area contributed by atoms with E-state index in [-0.39, 0.29) is 52.6 Å². The van der Waals surface area contributed by atoms with Crippen molar-refractivity contribution in [3.63, 3.8) is 0 Å². The molecule has 0 saturated carbocycles. The molecule has 1 nitrogen and oxygen atoms in total. The van der Waals surface area contributed by atoms with Crippen LogP contribution in [0, 0.1) is 0 Å². The zero-order chi connectivity index (χ0) is 0. The van der Waals surface area contributed by atoms with Crippen molar-refractivity contribution in [3.8, 4) is 0 Å². The Hall–Kier alpha value is 1.17. The van der Waals surface area contributed by atoms with E-state index < -0.39 is 0 Å². The van der Waals surface area contributed by atoms with E-state index in [4.69, 9.17) is 0 Å². The maximum absolute atomic E-state index is 0. The van der Waals surface area contributed by atoms with Crippen LogP contribution in [0.25, 0.3) is 0 Å². The average molecular weight is 156 g/mol. The zero-order valence-corrected chi connectivity index (χ0v) is 3.69. The summed E-state index contributed by atoms with van der Waals surface area (Å²) in [5, 5.41) is 0. The Morgan fingerprint density at radius 1 is 1.00 bits per heavy atom. The molecule has 4 heavy (non-hydrogen) atoms. The van der Waals surface area contributed by atoms with Gasteiger partial charge in [-0.05, 0) is 0 Å². The molecule has 0 rings (SSSR count). The van der Waals surface area contributed by atoms with Gasteiger partial charge in [-0.25, -0.2) is 0 Å². The van der Waals surface area contributed by atoms with E-state index in [1.165, 1.54) is 0 Å². The van der Waals surface area contributed by atoms with E-state index in [1.54, 1.807) is 0 Å². The van der Waals surface area contributed by atoms with Crippen molar-refractivity contribution in [2.75, 3.05) is 0 Å². The molecule has 0 atom stereocenters. The van der Waals surface area contributed by atoms with Crippen molar-refractivity contribution < 1.29 is 42.5 Å². The smallest absolute Gasteiger partial charge is 1.00 e. The molecule has 0 unspecified atom stereocenters. The molecule has 34 valence electrons. The van der Waals surface area contributed by atoms with Gasteiger partial charge in [-0.15, -0.1) is 0 Å². The minimum absolute atomic E-state index is 0. The summed E-state index contributed by atoms with van der Waals surface area (Å²) in [6, 6.07) is 0. The topological polar surface area (TPSA) is 31.5 Å². The molecule has 0 bridgehead atoms. The monoisotopic (exact) mass is 155 g/mol. The summed E-state index contributed by atoms with van der Waals surface area (Å²) in [5.41, 5.74) is 0. The molecule has 0 fully saturated rings. The van der Waals surface area contributed by atoms with Gasteiger partial charge in [0.1, 0.15) is 0 Å². The van der Waals surface area contributed by atoms with E-state index in [2.05, 4.69) is 0 Å². The van der Waals surface area contributed by atoms with Gasteiger partial charge in [0.05, 0.1) is 0 Å². The van der Waals surface area contributed by atoms with Gasteiger partial charge in [0, 0.05) is 34.1 Å². The molecular formula is H4BeCu2O. The van der Waals surface area contributed by atoms with E-state index in [9.17, 15) is 0 Å². The summed E-state index contributed by atoms with van der Waals surface area (Å²) in [7, 11) is 0. The normalized spacial score (nSPS) is 0. The minimum atomic E-state index is 0. The summed E-state index contributed by atoms with van der Waals surface area (Å²) in [6.45, 7) is 0. The van der Waals surface area contributed by atoms with Gasteiger partial charge in [-0.3, -0.25) is 0 Å². The zero-order valence-electron chi connectivity index (χ0n) is 3.81. The van der Waals surface area contributed by atoms with Crippen molar-refractivity contribution in [1.82, 2.24) is 0 Å². The van der Waals surface area contributed by atoms with Crippen molar-refractivity contribution >= 4 is 10.1 Å². The van der Waals surface area contributed by atoms with Gasteiger partial charge in [0.25, 0.3) is 0 Å². The molecule has 4 heteroatoms. The third kappa shape index (κ3) is 10.9. The van der Waals surface area contributed by atoms with Crippen LogP contribution in [0.1, 0.15) is 2.85 Å². The molecule has 0 spiro atoms. The Labute approximate surface area is 53.0 Å². The number of rotatable bonds is 0. The maximum atomic E-state index is 0. The van der Waals surface area contributed by atoms with Gasteiger partial charge in [0.2, 0.25) is 0 Å². The van der Waals surface area contributed by atoms with Crippen LogP contribution in [-0.4, -0.2) is 15.6 Å². The van der Waals surface area contributed by atoms with E-state index >= 15 is 0 Å². The fourth-order valence-electron chi connectivity index (χ4n) is 0. The van der Waals surface area contributed by atoms with Crippen LogP contribution < -0.4 is 0 Å². The molecule has 0 aliphatic carbocycles. The first-order valence-electron chi connectivity index (χ1n) is 0. The third-order valence-electron chi connectivity index (χ3n) is 0. The van der Waals surface area contributed by atoms with Gasteiger partial charge in [0.15, 0.2) is 0 Å². The summed E-state index contributed by atoms with van der Waals surface area (Å²) >= 11 is 0. The second-order valence-electron chi connectivity index (χ2n) is 0. The maximum Gasteiger partial charge on any atom is 2.00 e. The van der Waals surface area contributed by atoms with Crippen LogP contribution in [0.2, 0.25) is 0 Å². The summed E-state index contributed by atoms with van der Waals surface area (Å²) in [6.07, 6.45) is 0. The van der Waals surface area contributed by atoms with Gasteiger partial charge < -0.3 is 8.33 Å². The fourth-order valence-corrected chi connectivity index (χ4v) is 0. The third-order valence-corrected chi connectivity index (χ3v) is 0. The van der Waals surface area contributed by atoms with Crippen molar-refractivity contribution in [2.45, 2.75) is 0 Å². The molecule has 2 radical (unpaired) electrons. The molecule has 0 aliphatic rings. The van der Waals surface area contributed by atoms with Gasteiger partial charge in [-0.2, -0.15) is 0 Å². The predicted octanol–water partition coefficient (Wildman–Crippen LogP) is -0.985. The summed E-state index contributed by atoms with van der Waals surface area (Å²) in [5.74, 6) is 0. The van der Waals surface area contributed by atoms with E-state index in [0.717, 1.165) is 0 Å². The van der Waals surface area contributed by atoms with Crippen molar-refractivity contribution in [2.24, 2.45) is 0 Å². The Morgan fingerprint density at radius 2 is 1.00 bits per heavy atom. The van der Waals surface area contributed by atoms with Crippen LogP contribution in [0.3, 0.4) is 0 Å². The first-order valence-corrected chi connectivity index (χ1v) is 0. The summed E-state index contributed by atoms with van der Waals surface area (Å²) in [4.78, 5) is 0. The van der Waals surface area contributed by atoms with Crippen molar-refractivity contribution in [3.05, 3.63) is 0 Å². The van der Waals surface area contributed by atoms with Crippen LogP contribution in [0.5, 0.6) is 0 Å². The molecule has 0 aromatic heterocycles. The minimum Gasteiger partial charge on any atom is -1.00 e. The molecule has 0 aromatic carbocycles. The largest absolute Gasteiger partial charge is 2.00 e. The quantitative estimate of drug-likeness (QED) is 0.403. The van der Waals surface area contributed by atoms with Crippen LogP contribution in [-0.2, 0) is 34.1 Å². The molecule has 0 aliphatic heterocycles. The standard InChI is InChI=1S/Be.2Cu.H2O.2H/h;;;1H2;;/q+2;;;;2*-1. The van der Waals surface area contributed by atoms with E-state index in [1.807, 2.05) is 0 Å². The first-order chi connectivity index (χ1) is 0. The van der Waals surface area contributed by atoms with Gasteiger partial charge in [-0.1, -0.05) is 0 Å². The van der Waals surface area contributed by atoms with Crippen LogP contribution in [0.15, 0.2) is 0 Å². The Bertz CT molecular complexity index is 11.5. The van der Waals surface area contributed by atoms with Gasteiger partial charge >= 0.3 is 10.1 Å². The SMILES string of the molecule is O.[Be+2].[Cu].[Cu].[H-].[H-]. The Balaban J connectivity index is 0. The molecular weight excluding hydrogens is 152 g/mol. The molecule has 0 saturated heterocycles. The Kier molecular flexibility index (Phi) is 505. The molecule has 0 aromatic rings. The van der Waals surface area contributed by atoms with Crippen LogP contribution >= 0.6 is 0 Å². The number of hydrogen-bond acceptors (Lipinski definition) is 0. The second kappa shape index (κ2) is 30.7. The fraction of sp³-hybridized carbons (Fsp3) is 0. The molecule has 0 amide bonds. The molecule has 2 N–H and O–H groups in total. The Morgan fingerprint density at radius 3 is 1.00 bits per heavy atom. The summed E-state index contributed by atoms with van der Waals surface area (Å²) < 4.78 is 0. The van der Waals surface area contributed by atoms with Crippen molar-refractivity contribution in [1.29, 1.82) is 0 Å². The number of hydrogen-bond donors (Lipinski definition) is 0. The average Bonchev–Trinajstić information content (AvgIpc) is 0.